The molecular formula is C24H37N5O2. The molecule has 0 aromatic carbocycles. The zero-order valence-corrected chi connectivity index (χ0v) is 19.1. The highest BCUT2D eigenvalue weighted by molar-refractivity contribution is 5.84. The molecule has 5 rings (SSSR count). The topological polar surface area (TPSA) is 70.6 Å². The van der Waals surface area contributed by atoms with Gasteiger partial charge >= 0.3 is 0 Å². The SMILES string of the molecule is Cc1ncc(C)c(N2CC[C@@H]3C[C@@H](N4CCOCC4)CC[C@@]3(C(=O)NC3CCC3)C2)n1. The van der Waals surface area contributed by atoms with Crippen LogP contribution in [0.4, 0.5) is 5.82 Å². The van der Waals surface area contributed by atoms with Crippen LogP contribution in [0, 0.1) is 25.2 Å². The van der Waals surface area contributed by atoms with Crippen molar-refractivity contribution in [3.8, 4) is 0 Å². The normalized spacial score (nSPS) is 32.3. The van der Waals surface area contributed by atoms with E-state index in [0.717, 1.165) is 95.1 Å². The smallest absolute Gasteiger partial charge is 0.228 e. The number of carbonyl (C=O) groups excluding carboxylic acids is 1. The standard InChI is InChI=1S/C24H37N5O2/c1-17-15-25-18(2)26-22(17)29-9-7-19-14-21(28-10-12-31-13-11-28)6-8-24(19,16-29)23(30)27-20-4-3-5-20/h15,19-21H,3-14,16H2,1-2H3,(H,27,30)/t19-,21+,24-/m1/s1. The molecule has 0 bridgehead atoms. The number of anilines is 1. The van der Waals surface area contributed by atoms with Gasteiger partial charge in [0.1, 0.15) is 11.6 Å². The highest BCUT2D eigenvalue weighted by atomic mass is 16.5. The monoisotopic (exact) mass is 427 g/mol. The highest BCUT2D eigenvalue weighted by Crippen LogP contribution is 2.49. The maximum atomic E-state index is 13.8. The van der Waals surface area contributed by atoms with Crippen LogP contribution in [0.3, 0.4) is 0 Å². The second-order valence-corrected chi connectivity index (χ2v) is 10.2. The zero-order valence-electron chi connectivity index (χ0n) is 19.1. The molecule has 31 heavy (non-hydrogen) atoms. The van der Waals surface area contributed by atoms with Crippen molar-refractivity contribution in [2.45, 2.75) is 70.9 Å². The minimum absolute atomic E-state index is 0.302. The highest BCUT2D eigenvalue weighted by Gasteiger charge is 2.53. The van der Waals surface area contributed by atoms with Gasteiger partial charge in [0.15, 0.2) is 0 Å². The Labute approximate surface area is 185 Å². The van der Waals surface area contributed by atoms with Crippen molar-refractivity contribution in [3.05, 3.63) is 17.6 Å². The quantitative estimate of drug-likeness (QED) is 0.796. The van der Waals surface area contributed by atoms with Crippen LogP contribution in [-0.2, 0) is 9.53 Å². The fourth-order valence-corrected chi connectivity index (χ4v) is 6.18. The van der Waals surface area contributed by atoms with Crippen molar-refractivity contribution in [2.24, 2.45) is 11.3 Å². The summed E-state index contributed by atoms with van der Waals surface area (Å²) in [4.78, 5) is 27.9. The van der Waals surface area contributed by atoms with Crippen LogP contribution in [0.15, 0.2) is 6.20 Å². The molecule has 2 saturated carbocycles. The molecular weight excluding hydrogens is 390 g/mol. The van der Waals surface area contributed by atoms with E-state index in [0.29, 0.717) is 23.9 Å². The van der Waals surface area contributed by atoms with Crippen molar-refractivity contribution in [1.82, 2.24) is 20.2 Å². The first kappa shape index (κ1) is 21.1. The van der Waals surface area contributed by atoms with E-state index in [1.807, 2.05) is 13.1 Å². The number of piperidine rings is 1. The largest absolute Gasteiger partial charge is 0.379 e. The summed E-state index contributed by atoms with van der Waals surface area (Å²) >= 11 is 0. The van der Waals surface area contributed by atoms with Crippen LogP contribution < -0.4 is 10.2 Å². The summed E-state index contributed by atoms with van der Waals surface area (Å²) in [5.74, 6) is 2.55. The molecule has 7 nitrogen and oxygen atoms in total. The number of rotatable bonds is 4. The molecule has 3 heterocycles. The number of amides is 1. The lowest BCUT2D eigenvalue weighted by Gasteiger charge is -2.54. The molecule has 0 unspecified atom stereocenters. The first-order chi connectivity index (χ1) is 15.0. The molecule has 1 aromatic rings. The number of ether oxygens (including phenoxy) is 1. The van der Waals surface area contributed by atoms with Crippen LogP contribution in [0.25, 0.3) is 0 Å². The van der Waals surface area contributed by atoms with E-state index in [-0.39, 0.29) is 5.41 Å². The Bertz CT molecular complexity index is 807. The third kappa shape index (κ3) is 4.07. The van der Waals surface area contributed by atoms with Crippen molar-refractivity contribution >= 4 is 11.7 Å². The molecule has 0 radical (unpaired) electrons. The van der Waals surface area contributed by atoms with E-state index in [4.69, 9.17) is 9.72 Å². The molecule has 7 heteroatoms. The molecule has 4 fully saturated rings. The summed E-state index contributed by atoms with van der Waals surface area (Å²) < 4.78 is 5.58. The maximum absolute atomic E-state index is 13.8. The first-order valence-corrected chi connectivity index (χ1v) is 12.2. The fraction of sp³-hybridized carbons (Fsp3) is 0.792. The van der Waals surface area contributed by atoms with E-state index < -0.39 is 0 Å². The van der Waals surface area contributed by atoms with Gasteiger partial charge in [0.25, 0.3) is 0 Å². The minimum atomic E-state index is -0.304. The lowest BCUT2D eigenvalue weighted by Crippen LogP contribution is -2.62. The van der Waals surface area contributed by atoms with Crippen molar-refractivity contribution in [2.75, 3.05) is 44.3 Å². The summed E-state index contributed by atoms with van der Waals surface area (Å²) in [6, 6.07) is 0.978. The molecule has 2 aliphatic heterocycles. The van der Waals surface area contributed by atoms with Crippen LogP contribution in [0.1, 0.15) is 56.3 Å². The van der Waals surface area contributed by atoms with Crippen molar-refractivity contribution in [1.29, 1.82) is 0 Å². The minimum Gasteiger partial charge on any atom is -0.379 e. The Kier molecular flexibility index (Phi) is 5.90. The Balaban J connectivity index is 1.39. The van der Waals surface area contributed by atoms with Crippen LogP contribution in [-0.4, -0.2) is 72.3 Å². The van der Waals surface area contributed by atoms with Gasteiger partial charge in [-0.1, -0.05) is 0 Å². The van der Waals surface area contributed by atoms with Crippen LogP contribution >= 0.6 is 0 Å². The van der Waals surface area contributed by atoms with Crippen molar-refractivity contribution < 1.29 is 9.53 Å². The number of hydrogen-bond donors (Lipinski definition) is 1. The Morgan fingerprint density at radius 1 is 1.16 bits per heavy atom. The predicted molar refractivity (Wildman–Crippen MR) is 120 cm³/mol. The van der Waals surface area contributed by atoms with Crippen LogP contribution in [0.5, 0.6) is 0 Å². The van der Waals surface area contributed by atoms with Crippen LogP contribution in [0.2, 0.25) is 0 Å². The van der Waals surface area contributed by atoms with E-state index in [9.17, 15) is 4.79 Å². The average Bonchev–Trinajstić information content (AvgIpc) is 2.77. The fourth-order valence-electron chi connectivity index (χ4n) is 6.18. The Morgan fingerprint density at radius 3 is 2.71 bits per heavy atom. The van der Waals surface area contributed by atoms with Gasteiger partial charge in [0.05, 0.1) is 18.6 Å². The number of nitrogens with zero attached hydrogens (tertiary/aromatic N) is 4. The summed E-state index contributed by atoms with van der Waals surface area (Å²) in [6.07, 6.45) is 9.69. The number of nitrogens with one attached hydrogen (secondary N) is 1. The summed E-state index contributed by atoms with van der Waals surface area (Å²) in [5.41, 5.74) is 0.794. The number of morpholine rings is 1. The lowest BCUT2D eigenvalue weighted by atomic mass is 9.60. The van der Waals surface area contributed by atoms with Gasteiger partial charge in [-0.15, -0.1) is 0 Å². The summed E-state index contributed by atoms with van der Waals surface area (Å²) in [5, 5.41) is 3.44. The lowest BCUT2D eigenvalue weighted by molar-refractivity contribution is -0.140. The second-order valence-electron chi connectivity index (χ2n) is 10.2. The van der Waals surface area contributed by atoms with Gasteiger partial charge < -0.3 is 15.0 Å². The van der Waals surface area contributed by atoms with E-state index in [1.54, 1.807) is 0 Å². The molecule has 4 aliphatic rings. The summed E-state index contributed by atoms with van der Waals surface area (Å²) in [6.45, 7) is 9.52. The molecule has 1 N–H and O–H groups in total. The number of carbonyl (C=O) groups is 1. The number of fused-ring (bicyclic) bond motifs is 1. The first-order valence-electron chi connectivity index (χ1n) is 12.2. The molecule has 2 saturated heterocycles. The average molecular weight is 428 g/mol. The van der Waals surface area contributed by atoms with Gasteiger partial charge in [-0.2, -0.15) is 0 Å². The Hall–Kier alpha value is -1.73. The van der Waals surface area contributed by atoms with Gasteiger partial charge in [0.2, 0.25) is 5.91 Å². The molecule has 170 valence electrons. The van der Waals surface area contributed by atoms with Crippen molar-refractivity contribution in [3.63, 3.8) is 0 Å². The third-order valence-electron chi connectivity index (χ3n) is 8.30. The molecule has 2 aliphatic carbocycles. The van der Waals surface area contributed by atoms with E-state index in [1.165, 1.54) is 6.42 Å². The van der Waals surface area contributed by atoms with Gasteiger partial charge in [-0.25, -0.2) is 9.97 Å². The molecule has 1 amide bonds. The van der Waals surface area contributed by atoms with Gasteiger partial charge in [-0.05, 0) is 64.7 Å². The maximum Gasteiger partial charge on any atom is 0.228 e. The van der Waals surface area contributed by atoms with Gasteiger partial charge in [-0.3, -0.25) is 9.69 Å². The molecule has 1 aromatic heterocycles. The Morgan fingerprint density at radius 2 is 1.97 bits per heavy atom. The zero-order chi connectivity index (χ0) is 21.4. The number of aryl methyl sites for hydroxylation is 2. The molecule has 0 spiro atoms. The van der Waals surface area contributed by atoms with Gasteiger partial charge in [0, 0.05) is 50.0 Å². The number of aromatic nitrogens is 2. The number of hydrogen-bond acceptors (Lipinski definition) is 6. The summed E-state index contributed by atoms with van der Waals surface area (Å²) in [7, 11) is 0. The third-order valence-corrected chi connectivity index (χ3v) is 8.30. The predicted octanol–water partition coefficient (Wildman–Crippen LogP) is 2.46. The van der Waals surface area contributed by atoms with E-state index >= 15 is 0 Å². The second kappa shape index (κ2) is 8.66. The van der Waals surface area contributed by atoms with E-state index in [2.05, 4.69) is 27.0 Å². The molecule has 3 atom stereocenters.